The van der Waals surface area contributed by atoms with Crippen LogP contribution in [0.4, 0.5) is 0 Å². The number of rotatable bonds is 0. The predicted octanol–water partition coefficient (Wildman–Crippen LogP) is 2.36. The van der Waals surface area contributed by atoms with Gasteiger partial charge in [0, 0.05) is 6.61 Å². The SMILES string of the molecule is C1CC[C@@H]2OCCC[C@@H]2C1. The van der Waals surface area contributed by atoms with Crippen LogP contribution < -0.4 is 0 Å². The first-order valence-electron chi connectivity index (χ1n) is 4.58. The highest BCUT2D eigenvalue weighted by atomic mass is 16.5. The molecule has 2 aliphatic rings. The molecule has 10 heavy (non-hydrogen) atoms. The van der Waals surface area contributed by atoms with Gasteiger partial charge in [-0.15, -0.1) is 0 Å². The third-order valence-electron chi connectivity index (χ3n) is 2.89. The molecule has 2 fully saturated rings. The lowest BCUT2D eigenvalue weighted by molar-refractivity contribution is -0.0467. The van der Waals surface area contributed by atoms with E-state index in [1.54, 1.807) is 0 Å². The molecular formula is C9H16O. The van der Waals surface area contributed by atoms with Crippen LogP contribution in [0.3, 0.4) is 0 Å². The summed E-state index contributed by atoms with van der Waals surface area (Å²) in [7, 11) is 0. The van der Waals surface area contributed by atoms with Gasteiger partial charge in [-0.05, 0) is 31.6 Å². The Morgan fingerprint density at radius 1 is 0.900 bits per heavy atom. The number of hydrogen-bond acceptors (Lipinski definition) is 1. The Bertz CT molecular complexity index is 85.3. The molecule has 2 atom stereocenters. The van der Waals surface area contributed by atoms with E-state index in [1.165, 1.54) is 38.5 Å². The maximum absolute atomic E-state index is 5.68. The second-order valence-electron chi connectivity index (χ2n) is 3.60. The molecule has 1 heterocycles. The topological polar surface area (TPSA) is 9.23 Å². The van der Waals surface area contributed by atoms with Crippen LogP contribution in [0.5, 0.6) is 0 Å². The number of hydrogen-bond donors (Lipinski definition) is 0. The first-order chi connectivity index (χ1) is 4.97. The number of fused-ring (bicyclic) bond motifs is 1. The fraction of sp³-hybridized carbons (Fsp3) is 1.00. The molecule has 0 spiro atoms. The molecule has 1 saturated carbocycles. The minimum atomic E-state index is 0.655. The van der Waals surface area contributed by atoms with Crippen LogP contribution in [-0.2, 0) is 4.74 Å². The highest BCUT2D eigenvalue weighted by Crippen LogP contribution is 2.32. The second-order valence-corrected chi connectivity index (χ2v) is 3.60. The van der Waals surface area contributed by atoms with Crippen molar-refractivity contribution in [1.29, 1.82) is 0 Å². The fourth-order valence-corrected chi connectivity index (χ4v) is 2.30. The molecule has 0 N–H and O–H groups in total. The zero-order chi connectivity index (χ0) is 6.81. The van der Waals surface area contributed by atoms with E-state index in [0.717, 1.165) is 12.5 Å². The van der Waals surface area contributed by atoms with Crippen LogP contribution in [0.25, 0.3) is 0 Å². The Kier molecular flexibility index (Phi) is 1.94. The summed E-state index contributed by atoms with van der Waals surface area (Å²) in [5.74, 6) is 0.933. The van der Waals surface area contributed by atoms with E-state index in [1.807, 2.05) is 0 Å². The van der Waals surface area contributed by atoms with E-state index in [9.17, 15) is 0 Å². The predicted molar refractivity (Wildman–Crippen MR) is 40.9 cm³/mol. The van der Waals surface area contributed by atoms with Crippen molar-refractivity contribution in [1.82, 2.24) is 0 Å². The summed E-state index contributed by atoms with van der Waals surface area (Å²) in [5.41, 5.74) is 0. The van der Waals surface area contributed by atoms with Crippen molar-refractivity contribution < 1.29 is 4.74 Å². The Balaban J connectivity index is 1.93. The third kappa shape index (κ3) is 1.20. The lowest BCUT2D eigenvalue weighted by Crippen LogP contribution is -2.31. The monoisotopic (exact) mass is 140 g/mol. The maximum Gasteiger partial charge on any atom is 0.0603 e. The molecule has 0 aromatic heterocycles. The molecule has 0 amide bonds. The largest absolute Gasteiger partial charge is 0.378 e. The third-order valence-corrected chi connectivity index (χ3v) is 2.89. The van der Waals surface area contributed by atoms with Crippen LogP contribution in [0.15, 0.2) is 0 Å². The lowest BCUT2D eigenvalue weighted by Gasteiger charge is -2.35. The van der Waals surface area contributed by atoms with Gasteiger partial charge in [0.1, 0.15) is 0 Å². The summed E-state index contributed by atoms with van der Waals surface area (Å²) >= 11 is 0. The standard InChI is InChI=1S/C9H16O/c1-2-6-9-8(4-1)5-3-7-10-9/h8-9H,1-7H2/t8-,9-/m0/s1. The molecule has 0 aromatic carbocycles. The van der Waals surface area contributed by atoms with Gasteiger partial charge in [-0.3, -0.25) is 0 Å². The maximum atomic E-state index is 5.68. The smallest absolute Gasteiger partial charge is 0.0603 e. The first kappa shape index (κ1) is 6.66. The molecule has 0 bridgehead atoms. The van der Waals surface area contributed by atoms with Crippen molar-refractivity contribution in [3.05, 3.63) is 0 Å². The van der Waals surface area contributed by atoms with Gasteiger partial charge in [-0.1, -0.05) is 12.8 Å². The van der Waals surface area contributed by atoms with E-state index in [0.29, 0.717) is 6.10 Å². The van der Waals surface area contributed by atoms with Gasteiger partial charge < -0.3 is 4.74 Å². The van der Waals surface area contributed by atoms with Crippen molar-refractivity contribution >= 4 is 0 Å². The minimum absolute atomic E-state index is 0.655. The van der Waals surface area contributed by atoms with Crippen LogP contribution >= 0.6 is 0 Å². The molecule has 0 radical (unpaired) electrons. The average molecular weight is 140 g/mol. The van der Waals surface area contributed by atoms with Gasteiger partial charge in [0.05, 0.1) is 6.10 Å². The van der Waals surface area contributed by atoms with Crippen molar-refractivity contribution in [2.24, 2.45) is 5.92 Å². The Hall–Kier alpha value is -0.0400. The van der Waals surface area contributed by atoms with Crippen LogP contribution in [0, 0.1) is 5.92 Å². The zero-order valence-corrected chi connectivity index (χ0v) is 6.51. The van der Waals surface area contributed by atoms with Gasteiger partial charge in [-0.2, -0.15) is 0 Å². The molecule has 0 aromatic rings. The summed E-state index contributed by atoms with van der Waals surface area (Å²) < 4.78 is 5.68. The second kappa shape index (κ2) is 2.91. The summed E-state index contributed by atoms with van der Waals surface area (Å²) in [6, 6.07) is 0. The van der Waals surface area contributed by atoms with E-state index >= 15 is 0 Å². The molecule has 0 unspecified atom stereocenters. The molecule has 1 aliphatic carbocycles. The van der Waals surface area contributed by atoms with E-state index in [4.69, 9.17) is 4.74 Å². The van der Waals surface area contributed by atoms with Gasteiger partial charge in [0.2, 0.25) is 0 Å². The van der Waals surface area contributed by atoms with Crippen LogP contribution in [0.2, 0.25) is 0 Å². The molecule has 1 saturated heterocycles. The quantitative estimate of drug-likeness (QED) is 0.502. The highest BCUT2D eigenvalue weighted by Gasteiger charge is 2.27. The van der Waals surface area contributed by atoms with Crippen molar-refractivity contribution in [2.45, 2.75) is 44.6 Å². The Morgan fingerprint density at radius 3 is 2.60 bits per heavy atom. The fourth-order valence-electron chi connectivity index (χ4n) is 2.30. The Labute approximate surface area is 62.8 Å². The van der Waals surface area contributed by atoms with Gasteiger partial charge >= 0.3 is 0 Å². The average Bonchev–Trinajstić information content (AvgIpc) is 2.05. The molecule has 1 aliphatic heterocycles. The van der Waals surface area contributed by atoms with E-state index < -0.39 is 0 Å². The highest BCUT2D eigenvalue weighted by molar-refractivity contribution is 4.78. The lowest BCUT2D eigenvalue weighted by atomic mass is 9.82. The summed E-state index contributed by atoms with van der Waals surface area (Å²) in [6.07, 6.45) is 9.02. The molecular weight excluding hydrogens is 124 g/mol. The minimum Gasteiger partial charge on any atom is -0.378 e. The summed E-state index contributed by atoms with van der Waals surface area (Å²) in [5, 5.41) is 0. The molecule has 58 valence electrons. The molecule has 1 nitrogen and oxygen atoms in total. The van der Waals surface area contributed by atoms with Gasteiger partial charge in [-0.25, -0.2) is 0 Å². The molecule has 2 rings (SSSR count). The van der Waals surface area contributed by atoms with Gasteiger partial charge in [0.15, 0.2) is 0 Å². The summed E-state index contributed by atoms with van der Waals surface area (Å²) in [6.45, 7) is 1.03. The van der Waals surface area contributed by atoms with Crippen LogP contribution in [-0.4, -0.2) is 12.7 Å². The normalized spacial score (nSPS) is 40.8. The van der Waals surface area contributed by atoms with E-state index in [2.05, 4.69) is 0 Å². The Morgan fingerprint density at radius 2 is 1.70 bits per heavy atom. The van der Waals surface area contributed by atoms with E-state index in [-0.39, 0.29) is 0 Å². The molecule has 1 heteroatoms. The summed E-state index contributed by atoms with van der Waals surface area (Å²) in [4.78, 5) is 0. The van der Waals surface area contributed by atoms with Crippen molar-refractivity contribution in [3.63, 3.8) is 0 Å². The van der Waals surface area contributed by atoms with Crippen LogP contribution in [0.1, 0.15) is 38.5 Å². The zero-order valence-electron chi connectivity index (χ0n) is 6.51. The van der Waals surface area contributed by atoms with Gasteiger partial charge in [0.25, 0.3) is 0 Å². The van der Waals surface area contributed by atoms with Crippen molar-refractivity contribution in [3.8, 4) is 0 Å². The first-order valence-corrected chi connectivity index (χ1v) is 4.58. The number of ether oxygens (including phenoxy) is 1. The van der Waals surface area contributed by atoms with Crippen molar-refractivity contribution in [2.75, 3.05) is 6.61 Å².